The first kappa shape index (κ1) is 21.5. The fraction of sp³-hybridized carbons (Fsp3) is 0.318. The monoisotopic (exact) mass is 457 g/mol. The molecule has 2 aromatic heterocycles. The lowest BCUT2D eigenvalue weighted by Crippen LogP contribution is -2.50. The average Bonchev–Trinajstić information content (AvgIpc) is 3.30. The van der Waals surface area contributed by atoms with Crippen molar-refractivity contribution in [3.63, 3.8) is 0 Å². The molecule has 1 N–H and O–H groups in total. The van der Waals surface area contributed by atoms with E-state index in [1.54, 1.807) is 17.5 Å². The normalized spacial score (nSPS) is 14.5. The van der Waals surface area contributed by atoms with Gasteiger partial charge >= 0.3 is 0 Å². The third kappa shape index (κ3) is 5.33. The molecule has 9 heteroatoms. The van der Waals surface area contributed by atoms with Crippen LogP contribution in [-0.4, -0.2) is 59.9 Å². The van der Waals surface area contributed by atoms with Crippen LogP contribution in [0.25, 0.3) is 5.69 Å². The van der Waals surface area contributed by atoms with Crippen LogP contribution in [-0.2, 0) is 11.2 Å². The predicted octanol–water partition coefficient (Wildman–Crippen LogP) is 2.43. The second kappa shape index (κ2) is 10.1. The lowest BCUT2D eigenvalue weighted by molar-refractivity contribution is -0.122. The number of hydrogen-bond acceptors (Lipinski definition) is 6. The number of carbonyl (C=O) groups excluding carboxylic acids is 1. The molecule has 1 aromatic carbocycles. The van der Waals surface area contributed by atoms with Gasteiger partial charge in [-0.1, -0.05) is 35.9 Å². The van der Waals surface area contributed by atoms with E-state index < -0.39 is 0 Å². The summed E-state index contributed by atoms with van der Waals surface area (Å²) in [6.45, 7) is 3.82. The number of halogens is 1. The molecular weight excluding hydrogens is 434 g/mol. The van der Waals surface area contributed by atoms with Gasteiger partial charge in [0.05, 0.1) is 24.1 Å². The highest BCUT2D eigenvalue weighted by molar-refractivity contribution is 7.09. The largest absolute Gasteiger partial charge is 0.366 e. The molecule has 0 radical (unpaired) electrons. The van der Waals surface area contributed by atoms with Gasteiger partial charge in [0.2, 0.25) is 5.91 Å². The molecule has 1 fully saturated rings. The minimum Gasteiger partial charge on any atom is -0.366 e. The first-order valence-corrected chi connectivity index (χ1v) is 11.5. The molecule has 0 unspecified atom stereocenters. The Morgan fingerprint density at radius 1 is 1.10 bits per heavy atom. The lowest BCUT2D eigenvalue weighted by atomic mass is 10.2. The standard InChI is InChI=1S/C22H24ClN5O2S/c23-21-19(15-25-28(22(21)30)17-5-2-1-3-6-17)27-12-10-26(11-13-27)16-20(29)24-9-8-18-7-4-14-31-18/h1-7,14-15H,8-13,16H2,(H,24,29). The SMILES string of the molecule is O=C(CN1CCN(c2cnn(-c3ccccc3)c(=O)c2Cl)CC1)NCCc1cccs1. The number of para-hydroxylation sites is 1. The highest BCUT2D eigenvalue weighted by Crippen LogP contribution is 2.23. The molecule has 162 valence electrons. The van der Waals surface area contributed by atoms with Gasteiger partial charge in [-0.25, -0.2) is 0 Å². The van der Waals surface area contributed by atoms with Crippen molar-refractivity contribution in [1.29, 1.82) is 0 Å². The van der Waals surface area contributed by atoms with Crippen molar-refractivity contribution in [2.75, 3.05) is 44.2 Å². The first-order chi connectivity index (χ1) is 15.1. The molecule has 7 nitrogen and oxygen atoms in total. The summed E-state index contributed by atoms with van der Waals surface area (Å²) < 4.78 is 1.31. The Kier molecular flexibility index (Phi) is 7.01. The number of hydrogen-bond donors (Lipinski definition) is 1. The molecule has 1 aliphatic heterocycles. The summed E-state index contributed by atoms with van der Waals surface area (Å²) in [4.78, 5) is 30.4. The molecule has 0 saturated carbocycles. The minimum absolute atomic E-state index is 0.0372. The van der Waals surface area contributed by atoms with Crippen LogP contribution in [0, 0.1) is 0 Å². The molecule has 3 heterocycles. The predicted molar refractivity (Wildman–Crippen MR) is 125 cm³/mol. The van der Waals surface area contributed by atoms with Crippen molar-refractivity contribution in [2.24, 2.45) is 0 Å². The maximum Gasteiger partial charge on any atom is 0.292 e. The molecule has 0 bridgehead atoms. The van der Waals surface area contributed by atoms with Crippen LogP contribution in [0.4, 0.5) is 5.69 Å². The number of carbonyl (C=O) groups is 1. The third-order valence-corrected chi connectivity index (χ3v) is 6.55. The number of anilines is 1. The van der Waals surface area contributed by atoms with Crippen LogP contribution >= 0.6 is 22.9 Å². The molecule has 1 aliphatic rings. The Morgan fingerprint density at radius 2 is 1.87 bits per heavy atom. The fourth-order valence-electron chi connectivity index (χ4n) is 3.58. The molecule has 1 saturated heterocycles. The van der Waals surface area contributed by atoms with Gasteiger partial charge in [-0.05, 0) is 30.0 Å². The zero-order valence-electron chi connectivity index (χ0n) is 17.0. The number of amides is 1. The molecule has 4 rings (SSSR count). The van der Waals surface area contributed by atoms with E-state index >= 15 is 0 Å². The van der Waals surface area contributed by atoms with Gasteiger partial charge < -0.3 is 10.2 Å². The van der Waals surface area contributed by atoms with E-state index in [1.807, 2.05) is 41.8 Å². The quantitative estimate of drug-likeness (QED) is 0.590. The maximum atomic E-state index is 12.7. The summed E-state index contributed by atoms with van der Waals surface area (Å²) in [5.41, 5.74) is 0.979. The van der Waals surface area contributed by atoms with Gasteiger partial charge in [-0.2, -0.15) is 9.78 Å². The summed E-state index contributed by atoms with van der Waals surface area (Å²) in [5, 5.41) is 9.50. The smallest absolute Gasteiger partial charge is 0.292 e. The van der Waals surface area contributed by atoms with Gasteiger partial charge in [-0.15, -0.1) is 11.3 Å². The topological polar surface area (TPSA) is 70.5 Å². The van der Waals surface area contributed by atoms with E-state index in [4.69, 9.17) is 11.6 Å². The summed E-state index contributed by atoms with van der Waals surface area (Å²) in [7, 11) is 0. The lowest BCUT2D eigenvalue weighted by Gasteiger charge is -2.35. The molecular formula is C22H24ClN5O2S. The van der Waals surface area contributed by atoms with Crippen LogP contribution < -0.4 is 15.8 Å². The van der Waals surface area contributed by atoms with E-state index in [0.717, 1.165) is 19.5 Å². The summed E-state index contributed by atoms with van der Waals surface area (Å²) >= 11 is 8.11. The minimum atomic E-state index is -0.335. The van der Waals surface area contributed by atoms with Gasteiger partial charge in [0, 0.05) is 37.6 Å². The number of nitrogens with one attached hydrogen (secondary N) is 1. The number of piperazine rings is 1. The van der Waals surface area contributed by atoms with Crippen LogP contribution in [0.15, 0.2) is 58.8 Å². The van der Waals surface area contributed by atoms with Crippen LogP contribution in [0.1, 0.15) is 4.88 Å². The highest BCUT2D eigenvalue weighted by Gasteiger charge is 2.22. The zero-order chi connectivity index (χ0) is 21.6. The van der Waals surface area contributed by atoms with Gasteiger partial charge in [0.15, 0.2) is 0 Å². The van der Waals surface area contributed by atoms with Crippen molar-refractivity contribution in [2.45, 2.75) is 6.42 Å². The van der Waals surface area contributed by atoms with E-state index in [9.17, 15) is 9.59 Å². The molecule has 0 spiro atoms. The molecule has 0 atom stereocenters. The Hall–Kier alpha value is -2.68. The number of thiophene rings is 1. The van der Waals surface area contributed by atoms with Crippen LogP contribution in [0.5, 0.6) is 0 Å². The summed E-state index contributed by atoms with van der Waals surface area (Å²) in [6.07, 6.45) is 2.50. The maximum absolute atomic E-state index is 12.7. The number of rotatable bonds is 7. The summed E-state index contributed by atoms with van der Waals surface area (Å²) in [6, 6.07) is 13.3. The second-order valence-corrected chi connectivity index (χ2v) is 8.75. The van der Waals surface area contributed by atoms with E-state index in [1.165, 1.54) is 9.56 Å². The molecule has 31 heavy (non-hydrogen) atoms. The average molecular weight is 458 g/mol. The van der Waals surface area contributed by atoms with Crippen molar-refractivity contribution in [1.82, 2.24) is 20.0 Å². The van der Waals surface area contributed by atoms with Crippen molar-refractivity contribution >= 4 is 34.5 Å². The zero-order valence-corrected chi connectivity index (χ0v) is 18.6. The molecule has 0 aliphatic carbocycles. The Morgan fingerprint density at radius 3 is 2.58 bits per heavy atom. The molecule has 1 amide bonds. The van der Waals surface area contributed by atoms with Gasteiger partial charge in [0.1, 0.15) is 5.02 Å². The van der Waals surface area contributed by atoms with E-state index in [-0.39, 0.29) is 16.5 Å². The Labute approximate surface area is 189 Å². The second-order valence-electron chi connectivity index (χ2n) is 7.34. The van der Waals surface area contributed by atoms with Crippen LogP contribution in [0.2, 0.25) is 5.02 Å². The summed E-state index contributed by atoms with van der Waals surface area (Å²) in [5.74, 6) is 0.0372. The fourth-order valence-corrected chi connectivity index (χ4v) is 4.54. The number of benzene rings is 1. The first-order valence-electron chi connectivity index (χ1n) is 10.2. The van der Waals surface area contributed by atoms with E-state index in [2.05, 4.69) is 26.3 Å². The van der Waals surface area contributed by atoms with Gasteiger partial charge in [-0.3, -0.25) is 14.5 Å². The van der Waals surface area contributed by atoms with Gasteiger partial charge in [0.25, 0.3) is 5.56 Å². The Balaban J connectivity index is 1.30. The van der Waals surface area contributed by atoms with E-state index in [0.29, 0.717) is 37.6 Å². The highest BCUT2D eigenvalue weighted by atomic mass is 35.5. The molecule has 3 aromatic rings. The number of nitrogens with zero attached hydrogens (tertiary/aromatic N) is 4. The van der Waals surface area contributed by atoms with Crippen molar-refractivity contribution in [3.05, 3.63) is 74.3 Å². The number of aromatic nitrogens is 2. The Bertz CT molecular complexity index is 1060. The van der Waals surface area contributed by atoms with Crippen molar-refractivity contribution < 1.29 is 4.79 Å². The third-order valence-electron chi connectivity index (χ3n) is 5.26. The van der Waals surface area contributed by atoms with Crippen molar-refractivity contribution in [3.8, 4) is 5.69 Å². The van der Waals surface area contributed by atoms with Crippen LogP contribution in [0.3, 0.4) is 0 Å².